The Hall–Kier alpha value is -3.03. The normalized spacial score (nSPS) is 19.9. The molecule has 0 saturated carbocycles. The Morgan fingerprint density at radius 1 is 0.914 bits per heavy atom. The van der Waals surface area contributed by atoms with Gasteiger partial charge in [0, 0.05) is 49.3 Å². The number of anilines is 2. The lowest BCUT2D eigenvalue weighted by atomic mass is 9.94. The van der Waals surface area contributed by atoms with Crippen LogP contribution in [0.15, 0.2) is 60.0 Å². The zero-order valence-corrected chi connectivity index (χ0v) is 20.7. The number of rotatable bonds is 5. The molecule has 1 atom stereocenters. The first kappa shape index (κ1) is 22.4. The molecule has 0 N–H and O–H groups in total. The summed E-state index contributed by atoms with van der Waals surface area (Å²) in [6, 6.07) is 18.9. The van der Waals surface area contributed by atoms with Crippen LogP contribution in [0, 0.1) is 0 Å². The number of thiophene rings is 1. The molecule has 1 saturated heterocycles. The Morgan fingerprint density at radius 3 is 2.60 bits per heavy atom. The quantitative estimate of drug-likeness (QED) is 0.537. The van der Waals surface area contributed by atoms with E-state index in [1.54, 1.807) is 11.3 Å². The monoisotopic (exact) mass is 489 g/mol. The number of para-hydroxylation sites is 2. The molecule has 2 aromatic carbocycles. The molecule has 0 spiro atoms. The van der Waals surface area contributed by atoms with E-state index < -0.39 is 0 Å². The largest absolute Gasteiger partial charge is 0.486 e. The van der Waals surface area contributed by atoms with Crippen LogP contribution in [0.25, 0.3) is 0 Å². The van der Waals surface area contributed by atoms with Crippen molar-refractivity contribution in [2.24, 2.45) is 0 Å². The maximum absolute atomic E-state index is 13.5. The van der Waals surface area contributed by atoms with Gasteiger partial charge in [-0.3, -0.25) is 9.69 Å². The molecule has 0 radical (unpaired) electrons. The van der Waals surface area contributed by atoms with Gasteiger partial charge in [0.2, 0.25) is 5.91 Å². The van der Waals surface area contributed by atoms with Crippen molar-refractivity contribution >= 4 is 28.6 Å². The first-order valence-electron chi connectivity index (χ1n) is 12.5. The van der Waals surface area contributed by atoms with Crippen LogP contribution in [0.1, 0.15) is 16.9 Å². The number of hydrogen-bond acceptors (Lipinski definition) is 6. The van der Waals surface area contributed by atoms with E-state index in [4.69, 9.17) is 9.47 Å². The highest BCUT2D eigenvalue weighted by molar-refractivity contribution is 7.10. The highest BCUT2D eigenvalue weighted by Crippen LogP contribution is 2.40. The Morgan fingerprint density at radius 2 is 1.74 bits per heavy atom. The predicted octanol–water partition coefficient (Wildman–Crippen LogP) is 4.23. The zero-order chi connectivity index (χ0) is 23.6. The zero-order valence-electron chi connectivity index (χ0n) is 19.9. The minimum atomic E-state index is 0.199. The van der Waals surface area contributed by atoms with E-state index in [9.17, 15) is 4.79 Å². The molecule has 6 rings (SSSR count). The van der Waals surface area contributed by atoms with Crippen molar-refractivity contribution in [1.82, 2.24) is 4.90 Å². The van der Waals surface area contributed by atoms with Crippen LogP contribution in [0.5, 0.6) is 11.5 Å². The third-order valence-corrected chi connectivity index (χ3v) is 8.14. The fourth-order valence-electron chi connectivity index (χ4n) is 5.54. The van der Waals surface area contributed by atoms with Gasteiger partial charge in [-0.2, -0.15) is 0 Å². The third-order valence-electron chi connectivity index (χ3n) is 7.26. The summed E-state index contributed by atoms with van der Waals surface area (Å²) in [5.41, 5.74) is 3.50. The molecule has 7 heteroatoms. The number of carbonyl (C=O) groups is 1. The molecule has 3 aliphatic rings. The van der Waals surface area contributed by atoms with Gasteiger partial charge in [-0.25, -0.2) is 0 Å². The van der Waals surface area contributed by atoms with Crippen LogP contribution >= 0.6 is 11.3 Å². The lowest BCUT2D eigenvalue weighted by Gasteiger charge is -2.43. The smallest absolute Gasteiger partial charge is 0.232 e. The van der Waals surface area contributed by atoms with E-state index in [1.807, 2.05) is 23.6 Å². The van der Waals surface area contributed by atoms with Crippen molar-refractivity contribution in [3.63, 3.8) is 0 Å². The van der Waals surface area contributed by atoms with Gasteiger partial charge >= 0.3 is 0 Å². The molecule has 4 heterocycles. The molecule has 0 bridgehead atoms. The summed E-state index contributed by atoms with van der Waals surface area (Å²) in [6.07, 6.45) is 2.50. The Labute approximate surface area is 210 Å². The van der Waals surface area contributed by atoms with Gasteiger partial charge in [-0.15, -0.1) is 11.3 Å². The number of nitrogens with zero attached hydrogens (tertiary/aromatic N) is 3. The topological polar surface area (TPSA) is 45.3 Å². The van der Waals surface area contributed by atoms with Gasteiger partial charge < -0.3 is 19.3 Å². The van der Waals surface area contributed by atoms with Crippen molar-refractivity contribution < 1.29 is 14.3 Å². The fraction of sp³-hybridized carbons (Fsp3) is 0.393. The van der Waals surface area contributed by atoms with E-state index in [2.05, 4.69) is 51.1 Å². The maximum atomic E-state index is 13.5. The van der Waals surface area contributed by atoms with Crippen LogP contribution in [0.3, 0.4) is 0 Å². The van der Waals surface area contributed by atoms with E-state index in [0.29, 0.717) is 19.6 Å². The molecule has 1 aromatic heterocycles. The standard InChI is InChI=1S/C28H31N3O3S/c32-27(19-23-6-4-18-35-23)31-22(11-10-21-5-1-2-7-24(21)31)20-29-12-14-30(15-13-29)25-8-3-9-26-28(25)34-17-16-33-26/h1-9,18,22H,10-17,19-20H2. The first-order chi connectivity index (χ1) is 17.3. The van der Waals surface area contributed by atoms with E-state index in [-0.39, 0.29) is 11.9 Å². The predicted molar refractivity (Wildman–Crippen MR) is 140 cm³/mol. The van der Waals surface area contributed by atoms with Crippen LogP contribution in [-0.4, -0.2) is 62.8 Å². The van der Waals surface area contributed by atoms with Crippen LogP contribution in [-0.2, 0) is 17.6 Å². The molecular weight excluding hydrogens is 458 g/mol. The van der Waals surface area contributed by atoms with Crippen molar-refractivity contribution in [3.05, 3.63) is 70.4 Å². The van der Waals surface area contributed by atoms with Crippen molar-refractivity contribution in [2.45, 2.75) is 25.3 Å². The fourth-order valence-corrected chi connectivity index (χ4v) is 6.24. The molecule has 1 unspecified atom stereocenters. The van der Waals surface area contributed by atoms with Gasteiger partial charge in [0.1, 0.15) is 13.2 Å². The SMILES string of the molecule is O=C(Cc1cccs1)N1c2ccccc2CCC1CN1CCN(c2cccc3c2OCCO3)CC1. The second kappa shape index (κ2) is 9.91. The average molecular weight is 490 g/mol. The molecule has 6 nitrogen and oxygen atoms in total. The molecule has 1 amide bonds. The van der Waals surface area contributed by atoms with Crippen molar-refractivity contribution in [3.8, 4) is 11.5 Å². The number of carbonyl (C=O) groups excluding carboxylic acids is 1. The average Bonchev–Trinajstić information content (AvgIpc) is 3.41. The number of amides is 1. The van der Waals surface area contributed by atoms with E-state index in [0.717, 1.165) is 73.3 Å². The van der Waals surface area contributed by atoms with Crippen molar-refractivity contribution in [1.29, 1.82) is 0 Å². The van der Waals surface area contributed by atoms with Gasteiger partial charge in [0.05, 0.1) is 12.1 Å². The maximum Gasteiger partial charge on any atom is 0.232 e. The summed E-state index contributed by atoms with van der Waals surface area (Å²) >= 11 is 1.66. The molecule has 3 aromatic rings. The molecule has 3 aliphatic heterocycles. The number of benzene rings is 2. The summed E-state index contributed by atoms with van der Waals surface area (Å²) in [6.45, 7) is 5.92. The molecule has 182 valence electrons. The molecule has 35 heavy (non-hydrogen) atoms. The highest BCUT2D eigenvalue weighted by atomic mass is 32.1. The Kier molecular flexibility index (Phi) is 6.35. The first-order valence-corrected chi connectivity index (χ1v) is 13.4. The summed E-state index contributed by atoms with van der Waals surface area (Å²) in [5.74, 6) is 1.93. The second-order valence-corrected chi connectivity index (χ2v) is 10.5. The van der Waals surface area contributed by atoms with Gasteiger partial charge in [-0.1, -0.05) is 30.3 Å². The summed E-state index contributed by atoms with van der Waals surface area (Å²) in [7, 11) is 0. The number of fused-ring (bicyclic) bond motifs is 2. The number of aryl methyl sites for hydroxylation is 1. The second-order valence-electron chi connectivity index (χ2n) is 9.43. The van der Waals surface area contributed by atoms with Gasteiger partial charge in [0.25, 0.3) is 0 Å². The minimum absolute atomic E-state index is 0.199. The number of ether oxygens (including phenoxy) is 2. The van der Waals surface area contributed by atoms with Gasteiger partial charge in [-0.05, 0) is 48.1 Å². The van der Waals surface area contributed by atoms with E-state index in [1.165, 1.54) is 5.56 Å². The van der Waals surface area contributed by atoms with E-state index >= 15 is 0 Å². The minimum Gasteiger partial charge on any atom is -0.486 e. The number of piperazine rings is 1. The highest BCUT2D eigenvalue weighted by Gasteiger charge is 2.33. The number of hydrogen-bond donors (Lipinski definition) is 0. The lowest BCUT2D eigenvalue weighted by Crippen LogP contribution is -2.54. The molecule has 1 fully saturated rings. The van der Waals surface area contributed by atoms with Crippen LogP contribution in [0.2, 0.25) is 0 Å². The van der Waals surface area contributed by atoms with Crippen LogP contribution in [0.4, 0.5) is 11.4 Å². The third kappa shape index (κ3) is 4.62. The summed E-state index contributed by atoms with van der Waals surface area (Å²) in [4.78, 5) is 21.7. The molecule has 0 aliphatic carbocycles. The Bertz CT molecular complexity index is 1170. The lowest BCUT2D eigenvalue weighted by molar-refractivity contribution is -0.118. The van der Waals surface area contributed by atoms with Crippen LogP contribution < -0.4 is 19.3 Å². The molecular formula is C28H31N3O3S. The summed E-state index contributed by atoms with van der Waals surface area (Å²) in [5, 5.41) is 2.05. The van der Waals surface area contributed by atoms with Crippen molar-refractivity contribution in [2.75, 3.05) is 55.7 Å². The summed E-state index contributed by atoms with van der Waals surface area (Å²) < 4.78 is 11.7. The van der Waals surface area contributed by atoms with Gasteiger partial charge in [0.15, 0.2) is 11.5 Å². The Balaban J connectivity index is 1.15.